The molecule has 4 nitrogen and oxygen atoms in total. The number of carbonyl (C=O) groups is 1. The van der Waals surface area contributed by atoms with E-state index in [4.69, 9.17) is 4.74 Å². The van der Waals surface area contributed by atoms with Crippen LogP contribution in [0, 0.1) is 0 Å². The fourth-order valence-corrected chi connectivity index (χ4v) is 4.39. The van der Waals surface area contributed by atoms with E-state index >= 15 is 0 Å². The third-order valence-corrected chi connectivity index (χ3v) is 5.59. The second-order valence-electron chi connectivity index (χ2n) is 6.19. The molecule has 2 saturated heterocycles. The van der Waals surface area contributed by atoms with Crippen molar-refractivity contribution < 1.29 is 9.53 Å². The predicted molar refractivity (Wildman–Crippen MR) is 77.4 cm³/mol. The van der Waals surface area contributed by atoms with Gasteiger partial charge in [-0.1, -0.05) is 0 Å². The van der Waals surface area contributed by atoms with Crippen LogP contribution in [0.3, 0.4) is 0 Å². The van der Waals surface area contributed by atoms with Gasteiger partial charge >= 0.3 is 0 Å². The molecule has 3 atom stereocenters. The van der Waals surface area contributed by atoms with Crippen LogP contribution in [-0.4, -0.2) is 47.7 Å². The van der Waals surface area contributed by atoms with E-state index in [0.29, 0.717) is 12.1 Å². The molecular weight excluding hydrogens is 260 g/mol. The number of thioether (sulfide) groups is 1. The van der Waals surface area contributed by atoms with E-state index in [2.05, 4.69) is 10.6 Å². The minimum absolute atomic E-state index is 0.0881. The van der Waals surface area contributed by atoms with Crippen LogP contribution >= 0.6 is 11.8 Å². The van der Waals surface area contributed by atoms with Crippen LogP contribution in [0.1, 0.15) is 39.0 Å². The molecule has 2 heterocycles. The fourth-order valence-electron chi connectivity index (χ4n) is 3.02. The summed E-state index contributed by atoms with van der Waals surface area (Å²) in [6, 6.07) is 0.784. The largest absolute Gasteiger partial charge is 0.374 e. The minimum atomic E-state index is -0.0881. The highest BCUT2D eigenvalue weighted by Crippen LogP contribution is 2.38. The standard InChI is InChI=1S/C14H24N2O2S/c1-10(13(17)16-11-2-3-11)15-12-4-6-18-14(8-12)5-7-19-9-14/h10-12,15H,2-9H2,1H3,(H,16,17). The Morgan fingerprint density at radius 2 is 2.21 bits per heavy atom. The van der Waals surface area contributed by atoms with E-state index in [-0.39, 0.29) is 17.6 Å². The SMILES string of the molecule is CC(NC1CCOC2(CCSC2)C1)C(=O)NC1CC1. The van der Waals surface area contributed by atoms with E-state index in [1.165, 1.54) is 12.2 Å². The maximum Gasteiger partial charge on any atom is 0.237 e. The molecule has 0 aromatic heterocycles. The normalized spacial score (nSPS) is 36.4. The number of nitrogens with one attached hydrogen (secondary N) is 2. The van der Waals surface area contributed by atoms with E-state index in [1.807, 2.05) is 18.7 Å². The molecular formula is C14H24N2O2S. The average Bonchev–Trinajstić information content (AvgIpc) is 3.10. The van der Waals surface area contributed by atoms with Crippen molar-refractivity contribution >= 4 is 17.7 Å². The average molecular weight is 284 g/mol. The Balaban J connectivity index is 1.49. The lowest BCUT2D eigenvalue weighted by atomic mass is 9.89. The zero-order valence-corrected chi connectivity index (χ0v) is 12.4. The van der Waals surface area contributed by atoms with Gasteiger partial charge in [0.2, 0.25) is 5.91 Å². The second-order valence-corrected chi connectivity index (χ2v) is 7.30. The molecule has 19 heavy (non-hydrogen) atoms. The quantitative estimate of drug-likeness (QED) is 0.817. The summed E-state index contributed by atoms with van der Waals surface area (Å²) < 4.78 is 6.01. The number of ether oxygens (including phenoxy) is 1. The van der Waals surface area contributed by atoms with Crippen LogP contribution in [0.4, 0.5) is 0 Å². The molecule has 3 fully saturated rings. The summed E-state index contributed by atoms with van der Waals surface area (Å²) in [6.45, 7) is 2.80. The Morgan fingerprint density at radius 1 is 1.37 bits per heavy atom. The lowest BCUT2D eigenvalue weighted by Gasteiger charge is -2.39. The molecule has 0 radical (unpaired) electrons. The van der Waals surface area contributed by atoms with Crippen LogP contribution in [0.25, 0.3) is 0 Å². The molecule has 108 valence electrons. The van der Waals surface area contributed by atoms with Crippen molar-refractivity contribution in [2.75, 3.05) is 18.1 Å². The Hall–Kier alpha value is -0.260. The lowest BCUT2D eigenvalue weighted by molar-refractivity contribution is -0.124. The van der Waals surface area contributed by atoms with Gasteiger partial charge in [0.15, 0.2) is 0 Å². The molecule has 0 aromatic carbocycles. The van der Waals surface area contributed by atoms with Gasteiger partial charge in [0.1, 0.15) is 0 Å². The zero-order chi connectivity index (χ0) is 13.3. The molecule has 5 heteroatoms. The topological polar surface area (TPSA) is 50.4 Å². The molecule has 1 saturated carbocycles. The van der Waals surface area contributed by atoms with Gasteiger partial charge in [0, 0.05) is 24.4 Å². The third kappa shape index (κ3) is 3.44. The molecule has 3 aliphatic rings. The zero-order valence-electron chi connectivity index (χ0n) is 11.6. The fraction of sp³-hybridized carbons (Fsp3) is 0.929. The van der Waals surface area contributed by atoms with Crippen molar-refractivity contribution in [1.82, 2.24) is 10.6 Å². The molecule has 2 N–H and O–H groups in total. The molecule has 0 aromatic rings. The first-order valence-electron chi connectivity index (χ1n) is 7.45. The van der Waals surface area contributed by atoms with Gasteiger partial charge in [-0.15, -0.1) is 0 Å². The Morgan fingerprint density at radius 3 is 2.89 bits per heavy atom. The number of hydrogen-bond acceptors (Lipinski definition) is 4. The van der Waals surface area contributed by atoms with Gasteiger partial charge in [-0.05, 0) is 44.8 Å². The van der Waals surface area contributed by atoms with Gasteiger partial charge in [0.25, 0.3) is 0 Å². The van der Waals surface area contributed by atoms with E-state index in [9.17, 15) is 4.79 Å². The number of carbonyl (C=O) groups excluding carboxylic acids is 1. The van der Waals surface area contributed by atoms with Crippen molar-refractivity contribution in [2.45, 2.75) is 62.8 Å². The van der Waals surface area contributed by atoms with Crippen molar-refractivity contribution in [3.8, 4) is 0 Å². The van der Waals surface area contributed by atoms with Gasteiger partial charge in [0.05, 0.1) is 11.6 Å². The summed E-state index contributed by atoms with van der Waals surface area (Å²) in [5.74, 6) is 2.49. The maximum absolute atomic E-state index is 12.0. The highest BCUT2D eigenvalue weighted by Gasteiger charge is 2.41. The van der Waals surface area contributed by atoms with Crippen LogP contribution in [0.2, 0.25) is 0 Å². The van der Waals surface area contributed by atoms with E-state index in [1.54, 1.807) is 0 Å². The Labute approximate surface area is 119 Å². The second kappa shape index (κ2) is 5.62. The molecule has 3 unspecified atom stereocenters. The first-order chi connectivity index (χ1) is 9.17. The van der Waals surface area contributed by atoms with Crippen LogP contribution in [0.5, 0.6) is 0 Å². The number of hydrogen-bond donors (Lipinski definition) is 2. The van der Waals surface area contributed by atoms with Crippen molar-refractivity contribution in [3.63, 3.8) is 0 Å². The molecule has 0 bridgehead atoms. The molecule has 1 spiro atoms. The van der Waals surface area contributed by atoms with Crippen LogP contribution in [-0.2, 0) is 9.53 Å². The minimum Gasteiger partial charge on any atom is -0.374 e. The molecule has 1 aliphatic carbocycles. The van der Waals surface area contributed by atoms with E-state index in [0.717, 1.165) is 38.0 Å². The van der Waals surface area contributed by atoms with E-state index < -0.39 is 0 Å². The van der Waals surface area contributed by atoms with Crippen molar-refractivity contribution in [2.24, 2.45) is 0 Å². The highest BCUT2D eigenvalue weighted by atomic mass is 32.2. The van der Waals surface area contributed by atoms with Crippen LogP contribution < -0.4 is 10.6 Å². The number of amides is 1. The maximum atomic E-state index is 12.0. The summed E-state index contributed by atoms with van der Waals surface area (Å²) in [5.41, 5.74) is 0.0905. The van der Waals surface area contributed by atoms with Gasteiger partial charge in [-0.2, -0.15) is 11.8 Å². The summed E-state index contributed by atoms with van der Waals surface area (Å²) in [7, 11) is 0. The molecule has 1 amide bonds. The van der Waals surface area contributed by atoms with Crippen molar-refractivity contribution in [1.29, 1.82) is 0 Å². The molecule has 2 aliphatic heterocycles. The van der Waals surface area contributed by atoms with Gasteiger partial charge in [-0.25, -0.2) is 0 Å². The first kappa shape index (κ1) is 13.7. The van der Waals surface area contributed by atoms with Crippen molar-refractivity contribution in [3.05, 3.63) is 0 Å². The summed E-state index contributed by atoms with van der Waals surface area (Å²) >= 11 is 1.99. The Bertz CT molecular complexity index is 340. The molecule has 3 rings (SSSR count). The predicted octanol–water partition coefficient (Wildman–Crippen LogP) is 1.30. The summed E-state index contributed by atoms with van der Waals surface area (Å²) in [5, 5.41) is 6.57. The Kier molecular flexibility index (Phi) is 4.06. The van der Waals surface area contributed by atoms with Gasteiger partial charge in [-0.3, -0.25) is 4.79 Å². The smallest absolute Gasteiger partial charge is 0.237 e. The highest BCUT2D eigenvalue weighted by molar-refractivity contribution is 7.99. The van der Waals surface area contributed by atoms with Gasteiger partial charge < -0.3 is 15.4 Å². The summed E-state index contributed by atoms with van der Waals surface area (Å²) in [4.78, 5) is 12.0. The third-order valence-electron chi connectivity index (χ3n) is 4.36. The van der Waals surface area contributed by atoms with Crippen LogP contribution in [0.15, 0.2) is 0 Å². The lowest BCUT2D eigenvalue weighted by Crippen LogP contribution is -2.53. The first-order valence-corrected chi connectivity index (χ1v) is 8.60. The number of rotatable bonds is 4. The monoisotopic (exact) mass is 284 g/mol. The summed E-state index contributed by atoms with van der Waals surface area (Å²) in [6.07, 6.45) is 5.54.